The molecule has 1 rings (SSSR count). The van der Waals surface area contributed by atoms with Gasteiger partial charge in [-0.3, -0.25) is 0 Å². The van der Waals surface area contributed by atoms with Crippen molar-refractivity contribution in [3.63, 3.8) is 0 Å². The molecule has 10 heavy (non-hydrogen) atoms. The van der Waals surface area contributed by atoms with Gasteiger partial charge in [0.2, 0.25) is 0 Å². The summed E-state index contributed by atoms with van der Waals surface area (Å²) >= 11 is 5.41. The molecule has 0 heterocycles. The van der Waals surface area contributed by atoms with E-state index in [2.05, 4.69) is 0 Å². The van der Waals surface area contributed by atoms with Crippen molar-refractivity contribution in [3.05, 3.63) is 34.6 Å². The van der Waals surface area contributed by atoms with Crippen molar-refractivity contribution in [2.45, 2.75) is 6.67 Å². The third-order valence-electron chi connectivity index (χ3n) is 1.16. The topological polar surface area (TPSA) is 0 Å². The minimum absolute atomic E-state index is 0.0457. The van der Waals surface area contributed by atoms with Gasteiger partial charge in [0.25, 0.3) is 0 Å². The third kappa shape index (κ3) is 1.45. The van der Waals surface area contributed by atoms with Crippen molar-refractivity contribution >= 4 is 11.6 Å². The molecule has 0 atom stereocenters. The first-order valence-corrected chi connectivity index (χ1v) is 3.11. The van der Waals surface area contributed by atoms with Crippen LogP contribution in [-0.2, 0) is 6.67 Å². The Morgan fingerprint density at radius 3 is 2.60 bits per heavy atom. The van der Waals surface area contributed by atoms with E-state index in [9.17, 15) is 8.78 Å². The van der Waals surface area contributed by atoms with Crippen LogP contribution in [0.3, 0.4) is 0 Å². The zero-order valence-corrected chi connectivity index (χ0v) is 5.83. The molecular formula is C7H5ClF2. The standard InChI is InChI=1S/C7H5ClF2/c8-6-2-1-5(4-9)7(10)3-6/h1-3H,4H2. The van der Waals surface area contributed by atoms with E-state index in [0.717, 1.165) is 6.07 Å². The van der Waals surface area contributed by atoms with Crippen LogP contribution in [0.4, 0.5) is 8.78 Å². The van der Waals surface area contributed by atoms with E-state index in [1.165, 1.54) is 12.1 Å². The van der Waals surface area contributed by atoms with Gasteiger partial charge in [0.05, 0.1) is 0 Å². The van der Waals surface area contributed by atoms with E-state index in [1.807, 2.05) is 0 Å². The summed E-state index contributed by atoms with van der Waals surface area (Å²) in [6.45, 7) is -0.789. The van der Waals surface area contributed by atoms with Gasteiger partial charge >= 0.3 is 0 Å². The number of hydrogen-bond acceptors (Lipinski definition) is 0. The lowest BCUT2D eigenvalue weighted by molar-refractivity contribution is 0.464. The molecule has 0 bridgehead atoms. The molecule has 0 aliphatic rings. The van der Waals surface area contributed by atoms with Crippen LogP contribution in [0.15, 0.2) is 18.2 Å². The summed E-state index contributed by atoms with van der Waals surface area (Å²) in [4.78, 5) is 0. The van der Waals surface area contributed by atoms with Gasteiger partial charge in [-0.1, -0.05) is 17.7 Å². The molecule has 0 aliphatic carbocycles. The van der Waals surface area contributed by atoms with Crippen molar-refractivity contribution < 1.29 is 8.78 Å². The smallest absolute Gasteiger partial charge is 0.130 e. The summed E-state index contributed by atoms with van der Waals surface area (Å²) in [6, 6.07) is 3.88. The van der Waals surface area contributed by atoms with Crippen LogP contribution in [0.2, 0.25) is 5.02 Å². The number of alkyl halides is 1. The van der Waals surface area contributed by atoms with E-state index < -0.39 is 12.5 Å². The first-order chi connectivity index (χ1) is 4.74. The number of rotatable bonds is 1. The van der Waals surface area contributed by atoms with Crippen molar-refractivity contribution in [2.24, 2.45) is 0 Å². The van der Waals surface area contributed by atoms with Crippen molar-refractivity contribution in [2.75, 3.05) is 0 Å². The predicted octanol–water partition coefficient (Wildman–Crippen LogP) is 2.95. The fourth-order valence-corrected chi connectivity index (χ4v) is 0.789. The Hall–Kier alpha value is -0.630. The second-order valence-electron chi connectivity index (χ2n) is 1.87. The molecule has 0 fully saturated rings. The first kappa shape index (κ1) is 7.48. The summed E-state index contributed by atoms with van der Waals surface area (Å²) in [6.07, 6.45) is 0. The lowest BCUT2D eigenvalue weighted by atomic mass is 10.2. The Morgan fingerprint density at radius 2 is 2.10 bits per heavy atom. The second kappa shape index (κ2) is 2.97. The minimum Gasteiger partial charge on any atom is -0.246 e. The normalized spacial score (nSPS) is 9.90. The maximum atomic E-state index is 12.5. The molecule has 0 aliphatic heterocycles. The van der Waals surface area contributed by atoms with E-state index >= 15 is 0 Å². The van der Waals surface area contributed by atoms with Crippen LogP contribution in [0.5, 0.6) is 0 Å². The average molecular weight is 163 g/mol. The van der Waals surface area contributed by atoms with Crippen molar-refractivity contribution in [1.82, 2.24) is 0 Å². The molecule has 0 unspecified atom stereocenters. The van der Waals surface area contributed by atoms with E-state index in [0.29, 0.717) is 0 Å². The first-order valence-electron chi connectivity index (χ1n) is 2.74. The largest absolute Gasteiger partial charge is 0.246 e. The highest BCUT2D eigenvalue weighted by atomic mass is 35.5. The molecule has 0 N–H and O–H groups in total. The number of halogens is 3. The minimum atomic E-state index is -0.789. The van der Waals surface area contributed by atoms with Crippen molar-refractivity contribution in [1.29, 1.82) is 0 Å². The highest BCUT2D eigenvalue weighted by molar-refractivity contribution is 6.30. The highest BCUT2D eigenvalue weighted by Gasteiger charge is 2.00. The zero-order chi connectivity index (χ0) is 7.56. The van der Waals surface area contributed by atoms with Gasteiger partial charge in [-0.15, -0.1) is 0 Å². The van der Waals surface area contributed by atoms with E-state index in [4.69, 9.17) is 11.6 Å². The lowest BCUT2D eigenvalue weighted by Crippen LogP contribution is -1.84. The van der Waals surface area contributed by atoms with Gasteiger partial charge in [0, 0.05) is 10.6 Å². The summed E-state index contributed by atoms with van der Waals surface area (Å²) in [5, 5.41) is 0.287. The molecule has 0 saturated carbocycles. The second-order valence-corrected chi connectivity index (χ2v) is 2.31. The fourth-order valence-electron chi connectivity index (χ4n) is 0.630. The number of hydrogen-bond donors (Lipinski definition) is 0. The Balaban J connectivity index is 3.07. The van der Waals surface area contributed by atoms with E-state index in [-0.39, 0.29) is 10.6 Å². The summed E-state index contributed by atoms with van der Waals surface area (Å²) in [5.74, 6) is -0.588. The zero-order valence-electron chi connectivity index (χ0n) is 5.07. The molecule has 0 aromatic heterocycles. The molecule has 54 valence electrons. The molecule has 0 saturated heterocycles. The Morgan fingerprint density at radius 1 is 1.40 bits per heavy atom. The predicted molar refractivity (Wildman–Crippen MR) is 36.2 cm³/mol. The lowest BCUT2D eigenvalue weighted by Gasteiger charge is -1.95. The van der Waals surface area contributed by atoms with E-state index in [1.54, 1.807) is 0 Å². The van der Waals surface area contributed by atoms with Crippen molar-refractivity contribution in [3.8, 4) is 0 Å². The average Bonchev–Trinajstić information content (AvgIpc) is 1.88. The molecule has 1 aromatic carbocycles. The molecule has 0 amide bonds. The molecular weight excluding hydrogens is 158 g/mol. The quantitative estimate of drug-likeness (QED) is 0.596. The maximum Gasteiger partial charge on any atom is 0.130 e. The van der Waals surface area contributed by atoms with Gasteiger partial charge in [-0.2, -0.15) is 0 Å². The maximum absolute atomic E-state index is 12.5. The fraction of sp³-hybridized carbons (Fsp3) is 0.143. The Labute approximate surface area is 62.4 Å². The van der Waals surface area contributed by atoms with Crippen LogP contribution < -0.4 is 0 Å². The number of benzene rings is 1. The van der Waals surface area contributed by atoms with Crippen LogP contribution in [0, 0.1) is 5.82 Å². The van der Waals surface area contributed by atoms with Crippen LogP contribution in [0.25, 0.3) is 0 Å². The molecule has 0 radical (unpaired) electrons. The van der Waals surface area contributed by atoms with Crippen LogP contribution in [-0.4, -0.2) is 0 Å². The summed E-state index contributed by atoms with van der Waals surface area (Å²) in [5.41, 5.74) is 0.0457. The van der Waals surface area contributed by atoms with Gasteiger partial charge in [0.15, 0.2) is 0 Å². The molecule has 3 heteroatoms. The summed E-state index contributed by atoms with van der Waals surface area (Å²) < 4.78 is 24.4. The third-order valence-corrected chi connectivity index (χ3v) is 1.39. The SMILES string of the molecule is FCc1ccc(Cl)cc1F. The van der Waals surface area contributed by atoms with Gasteiger partial charge in [0.1, 0.15) is 12.5 Å². The highest BCUT2D eigenvalue weighted by Crippen LogP contribution is 2.14. The molecule has 1 aromatic rings. The Bertz CT molecular complexity index is 235. The van der Waals surface area contributed by atoms with Gasteiger partial charge in [-0.25, -0.2) is 8.78 Å². The molecule has 0 spiro atoms. The van der Waals surface area contributed by atoms with Gasteiger partial charge < -0.3 is 0 Å². The summed E-state index contributed by atoms with van der Waals surface area (Å²) in [7, 11) is 0. The Kier molecular flexibility index (Phi) is 2.22. The van der Waals surface area contributed by atoms with Crippen LogP contribution in [0.1, 0.15) is 5.56 Å². The van der Waals surface area contributed by atoms with Crippen LogP contribution >= 0.6 is 11.6 Å². The monoisotopic (exact) mass is 162 g/mol. The molecule has 0 nitrogen and oxygen atoms in total. The van der Waals surface area contributed by atoms with Gasteiger partial charge in [-0.05, 0) is 12.1 Å².